The maximum atomic E-state index is 4.52. The predicted octanol–water partition coefficient (Wildman–Crippen LogP) is 1.30. The van der Waals surface area contributed by atoms with Gasteiger partial charge in [-0.2, -0.15) is 4.98 Å². The first-order valence-electron chi connectivity index (χ1n) is 6.32. The third kappa shape index (κ3) is 2.48. The van der Waals surface area contributed by atoms with Crippen LogP contribution in [0.2, 0.25) is 0 Å². The van der Waals surface area contributed by atoms with Crippen LogP contribution in [0.4, 0.5) is 17.5 Å². The Kier molecular flexibility index (Phi) is 3.24. The van der Waals surface area contributed by atoms with E-state index in [1.807, 2.05) is 19.2 Å². The van der Waals surface area contributed by atoms with E-state index in [0.717, 1.165) is 42.3 Å². The van der Waals surface area contributed by atoms with Crippen LogP contribution in [-0.4, -0.2) is 28.5 Å². The second-order valence-electron chi connectivity index (χ2n) is 4.36. The molecule has 0 saturated carbocycles. The molecule has 3 N–H and O–H groups in total. The van der Waals surface area contributed by atoms with E-state index in [-0.39, 0.29) is 0 Å². The minimum atomic E-state index is 0.645. The Morgan fingerprint density at radius 2 is 2.26 bits per heavy atom. The van der Waals surface area contributed by atoms with Gasteiger partial charge in [0.25, 0.3) is 0 Å². The van der Waals surface area contributed by atoms with E-state index in [2.05, 4.69) is 30.9 Å². The Labute approximate surface area is 111 Å². The summed E-state index contributed by atoms with van der Waals surface area (Å²) in [5.41, 5.74) is 3.16. The highest BCUT2D eigenvalue weighted by Gasteiger charge is 2.17. The number of pyridine rings is 1. The molecule has 0 radical (unpaired) electrons. The molecule has 2 aromatic rings. The first-order chi connectivity index (χ1) is 9.36. The van der Waals surface area contributed by atoms with Gasteiger partial charge >= 0.3 is 0 Å². The van der Waals surface area contributed by atoms with Crippen LogP contribution in [0.25, 0.3) is 0 Å². The number of rotatable bonds is 3. The number of hydrogen-bond donors (Lipinski definition) is 3. The SMILES string of the molecule is CNc1nc2c(c(Nc3cccnc3)n1)CNCC2. The summed E-state index contributed by atoms with van der Waals surface area (Å²) in [5.74, 6) is 1.49. The molecule has 19 heavy (non-hydrogen) atoms. The third-order valence-electron chi connectivity index (χ3n) is 3.08. The molecule has 6 nitrogen and oxygen atoms in total. The van der Waals surface area contributed by atoms with E-state index in [4.69, 9.17) is 0 Å². The summed E-state index contributed by atoms with van der Waals surface area (Å²) in [7, 11) is 1.83. The molecule has 98 valence electrons. The molecule has 0 atom stereocenters. The molecule has 3 rings (SSSR count). The van der Waals surface area contributed by atoms with Crippen LogP contribution in [0, 0.1) is 0 Å². The lowest BCUT2D eigenvalue weighted by molar-refractivity contribution is 0.628. The Balaban J connectivity index is 1.99. The highest BCUT2D eigenvalue weighted by atomic mass is 15.1. The van der Waals surface area contributed by atoms with Crippen LogP contribution in [0.3, 0.4) is 0 Å². The highest BCUT2D eigenvalue weighted by Crippen LogP contribution is 2.24. The van der Waals surface area contributed by atoms with Crippen molar-refractivity contribution >= 4 is 17.5 Å². The van der Waals surface area contributed by atoms with Gasteiger partial charge in [0.15, 0.2) is 0 Å². The summed E-state index contributed by atoms with van der Waals surface area (Å²) in [6.45, 7) is 1.75. The molecule has 6 heteroatoms. The number of fused-ring (bicyclic) bond motifs is 1. The summed E-state index contributed by atoms with van der Waals surface area (Å²) in [4.78, 5) is 13.1. The normalized spacial score (nSPS) is 13.7. The zero-order valence-electron chi connectivity index (χ0n) is 10.8. The predicted molar refractivity (Wildman–Crippen MR) is 74.5 cm³/mol. The van der Waals surface area contributed by atoms with Crippen LogP contribution in [0.5, 0.6) is 0 Å². The molecule has 0 unspecified atom stereocenters. The van der Waals surface area contributed by atoms with Crippen LogP contribution in [-0.2, 0) is 13.0 Å². The lowest BCUT2D eigenvalue weighted by atomic mass is 10.1. The quantitative estimate of drug-likeness (QED) is 0.768. The molecule has 0 aromatic carbocycles. The summed E-state index contributed by atoms with van der Waals surface area (Å²) < 4.78 is 0. The van der Waals surface area contributed by atoms with Gasteiger partial charge < -0.3 is 16.0 Å². The van der Waals surface area contributed by atoms with Gasteiger partial charge in [-0.05, 0) is 12.1 Å². The largest absolute Gasteiger partial charge is 0.357 e. The van der Waals surface area contributed by atoms with Crippen molar-refractivity contribution in [2.24, 2.45) is 0 Å². The molecular weight excluding hydrogens is 240 g/mol. The average Bonchev–Trinajstić information content (AvgIpc) is 2.48. The van der Waals surface area contributed by atoms with Crippen molar-refractivity contribution in [1.29, 1.82) is 0 Å². The second kappa shape index (κ2) is 5.19. The Morgan fingerprint density at radius 3 is 3.05 bits per heavy atom. The van der Waals surface area contributed by atoms with E-state index < -0.39 is 0 Å². The first-order valence-corrected chi connectivity index (χ1v) is 6.32. The van der Waals surface area contributed by atoms with Crippen molar-refractivity contribution in [3.05, 3.63) is 35.8 Å². The third-order valence-corrected chi connectivity index (χ3v) is 3.08. The average molecular weight is 256 g/mol. The standard InChI is InChI=1S/C13H16N6/c1-14-13-18-11-4-6-16-8-10(11)12(19-13)17-9-3-2-5-15-7-9/h2-3,5,7,16H,4,6,8H2,1H3,(H2,14,17,18,19). The molecule has 3 heterocycles. The molecule has 0 fully saturated rings. The molecule has 0 bridgehead atoms. The van der Waals surface area contributed by atoms with E-state index in [1.165, 1.54) is 0 Å². The fourth-order valence-electron chi connectivity index (χ4n) is 2.13. The molecule has 1 aliphatic rings. The second-order valence-corrected chi connectivity index (χ2v) is 4.36. The summed E-state index contributed by atoms with van der Waals surface area (Å²) >= 11 is 0. The maximum absolute atomic E-state index is 4.52. The minimum absolute atomic E-state index is 0.645. The summed E-state index contributed by atoms with van der Waals surface area (Å²) in [5, 5.41) is 9.67. The van der Waals surface area contributed by atoms with Gasteiger partial charge in [0, 0.05) is 38.3 Å². The number of hydrogen-bond acceptors (Lipinski definition) is 6. The number of anilines is 3. The van der Waals surface area contributed by atoms with Crippen molar-refractivity contribution in [3.63, 3.8) is 0 Å². The van der Waals surface area contributed by atoms with Crippen LogP contribution < -0.4 is 16.0 Å². The first kappa shape index (κ1) is 11.9. The van der Waals surface area contributed by atoms with E-state index in [0.29, 0.717) is 5.95 Å². The molecule has 1 aliphatic heterocycles. The highest BCUT2D eigenvalue weighted by molar-refractivity contribution is 5.61. The molecule has 0 spiro atoms. The Morgan fingerprint density at radius 1 is 1.32 bits per heavy atom. The number of nitrogens with zero attached hydrogens (tertiary/aromatic N) is 3. The van der Waals surface area contributed by atoms with E-state index >= 15 is 0 Å². The molecule has 0 saturated heterocycles. The summed E-state index contributed by atoms with van der Waals surface area (Å²) in [6, 6.07) is 3.87. The van der Waals surface area contributed by atoms with Crippen molar-refractivity contribution in [2.45, 2.75) is 13.0 Å². The zero-order valence-corrected chi connectivity index (χ0v) is 10.8. The fourth-order valence-corrected chi connectivity index (χ4v) is 2.13. The van der Waals surface area contributed by atoms with Gasteiger partial charge in [-0.1, -0.05) is 0 Å². The summed E-state index contributed by atoms with van der Waals surface area (Å²) in [6.07, 6.45) is 4.46. The molecular formula is C13H16N6. The monoisotopic (exact) mass is 256 g/mol. The fraction of sp³-hybridized carbons (Fsp3) is 0.308. The number of aromatic nitrogens is 3. The lowest BCUT2D eigenvalue weighted by Gasteiger charge is -2.20. The molecule has 0 amide bonds. The van der Waals surface area contributed by atoms with Crippen LogP contribution in [0.15, 0.2) is 24.5 Å². The van der Waals surface area contributed by atoms with Crippen LogP contribution >= 0.6 is 0 Å². The van der Waals surface area contributed by atoms with Crippen LogP contribution in [0.1, 0.15) is 11.3 Å². The van der Waals surface area contributed by atoms with E-state index in [9.17, 15) is 0 Å². The minimum Gasteiger partial charge on any atom is -0.357 e. The van der Waals surface area contributed by atoms with Gasteiger partial charge in [-0.3, -0.25) is 4.98 Å². The van der Waals surface area contributed by atoms with Gasteiger partial charge in [-0.15, -0.1) is 0 Å². The zero-order chi connectivity index (χ0) is 13.1. The van der Waals surface area contributed by atoms with Gasteiger partial charge in [0.05, 0.1) is 17.6 Å². The molecule has 0 aliphatic carbocycles. The van der Waals surface area contributed by atoms with Gasteiger partial charge in [0.1, 0.15) is 5.82 Å². The Bertz CT molecular complexity index is 569. The number of nitrogens with one attached hydrogen (secondary N) is 3. The topological polar surface area (TPSA) is 74.8 Å². The lowest BCUT2D eigenvalue weighted by Crippen LogP contribution is -2.26. The Hall–Kier alpha value is -2.21. The van der Waals surface area contributed by atoms with Gasteiger partial charge in [-0.25, -0.2) is 4.98 Å². The molecule has 2 aromatic heterocycles. The smallest absolute Gasteiger partial charge is 0.224 e. The van der Waals surface area contributed by atoms with E-state index in [1.54, 1.807) is 12.4 Å². The maximum Gasteiger partial charge on any atom is 0.224 e. The van der Waals surface area contributed by atoms with Crippen molar-refractivity contribution < 1.29 is 0 Å². The van der Waals surface area contributed by atoms with Gasteiger partial charge in [0.2, 0.25) is 5.95 Å². The van der Waals surface area contributed by atoms with Crippen molar-refractivity contribution in [2.75, 3.05) is 24.2 Å². The van der Waals surface area contributed by atoms with Crippen molar-refractivity contribution in [3.8, 4) is 0 Å². The van der Waals surface area contributed by atoms with Crippen molar-refractivity contribution in [1.82, 2.24) is 20.3 Å².